The molecule has 5 nitrogen and oxygen atoms in total. The molecule has 0 spiro atoms. The number of hydrogen-bond donors (Lipinski definition) is 1. The van der Waals surface area contributed by atoms with Crippen LogP contribution in [0.4, 0.5) is 11.4 Å². The molecule has 2 aromatic carbocycles. The van der Waals surface area contributed by atoms with E-state index in [1.54, 1.807) is 12.3 Å². The highest BCUT2D eigenvalue weighted by Crippen LogP contribution is 2.34. The lowest BCUT2D eigenvalue weighted by atomic mass is 9.96. The standard InChI is InChI=1S/C29H25Cl2N5/c30-19-12-13-27(22(31)15-19)36-28-11-5-4-10-23(28)35-26-16-24(34-21-9-6-14-32-18-21)25(17-29(26)36)33-20-7-2-1-3-8-20/h4-6,9-18,20,34H,1-3,7-8H2. The summed E-state index contributed by atoms with van der Waals surface area (Å²) in [5, 5.41) is 5.62. The maximum Gasteiger partial charge on any atom is 0.0900 e. The quantitative estimate of drug-likeness (QED) is 0.249. The van der Waals surface area contributed by atoms with Crippen LogP contribution in [0, 0.1) is 0 Å². The molecule has 1 fully saturated rings. The smallest absolute Gasteiger partial charge is 0.0900 e. The highest BCUT2D eigenvalue weighted by atomic mass is 35.5. The summed E-state index contributed by atoms with van der Waals surface area (Å²) in [6.45, 7) is 0. The molecule has 0 radical (unpaired) electrons. The number of pyridine rings is 1. The molecule has 2 aliphatic carbocycles. The molecular formula is C29H25Cl2N5. The van der Waals surface area contributed by atoms with Crippen molar-refractivity contribution in [2.24, 2.45) is 4.99 Å². The second-order valence-corrected chi connectivity index (χ2v) is 10.0. The fraction of sp³-hybridized carbons (Fsp3) is 0.207. The predicted molar refractivity (Wildman–Crippen MR) is 148 cm³/mol. The van der Waals surface area contributed by atoms with Crippen LogP contribution >= 0.6 is 23.2 Å². The van der Waals surface area contributed by atoms with Gasteiger partial charge in [0.05, 0.1) is 62.1 Å². The van der Waals surface area contributed by atoms with Crippen LogP contribution in [-0.2, 0) is 0 Å². The maximum atomic E-state index is 6.73. The van der Waals surface area contributed by atoms with Gasteiger partial charge in [-0.25, -0.2) is 4.98 Å². The number of fused-ring (bicyclic) bond motifs is 2. The number of halogens is 2. The molecule has 3 aliphatic rings. The van der Waals surface area contributed by atoms with Gasteiger partial charge in [-0.15, -0.1) is 0 Å². The summed E-state index contributed by atoms with van der Waals surface area (Å²) < 4.78 is 2.16. The van der Waals surface area contributed by atoms with Crippen LogP contribution in [0.15, 0.2) is 84.1 Å². The Morgan fingerprint density at radius 2 is 1.78 bits per heavy atom. The first kappa shape index (κ1) is 23.0. The van der Waals surface area contributed by atoms with Crippen LogP contribution in [0.2, 0.25) is 10.0 Å². The molecule has 0 amide bonds. The molecule has 1 aromatic heterocycles. The summed E-state index contributed by atoms with van der Waals surface area (Å²) in [6, 6.07) is 22.1. The SMILES string of the molecule is Clc1ccc(-n2c3cc(=NC4CCCCC4)c(Nc4cccnc4)cc-3nc3ccccc32)c(Cl)c1. The Morgan fingerprint density at radius 1 is 0.917 bits per heavy atom. The zero-order valence-corrected chi connectivity index (χ0v) is 21.2. The van der Waals surface area contributed by atoms with Gasteiger partial charge in [-0.2, -0.15) is 0 Å². The molecule has 6 rings (SSSR count). The number of nitrogens with one attached hydrogen (secondary N) is 1. The van der Waals surface area contributed by atoms with Crippen LogP contribution < -0.4 is 10.7 Å². The zero-order valence-electron chi connectivity index (χ0n) is 19.7. The molecule has 3 aromatic rings. The number of aromatic nitrogens is 3. The first-order chi connectivity index (χ1) is 17.7. The minimum atomic E-state index is 0.312. The third kappa shape index (κ3) is 4.57. The minimum absolute atomic E-state index is 0.312. The van der Waals surface area contributed by atoms with Crippen LogP contribution in [0.25, 0.3) is 28.1 Å². The van der Waals surface area contributed by atoms with Gasteiger partial charge in [0, 0.05) is 11.2 Å². The first-order valence-electron chi connectivity index (χ1n) is 12.3. The van der Waals surface area contributed by atoms with E-state index in [-0.39, 0.29) is 0 Å². The molecule has 1 N–H and O–H groups in total. The van der Waals surface area contributed by atoms with E-state index in [0.29, 0.717) is 16.1 Å². The summed E-state index contributed by atoms with van der Waals surface area (Å²) in [7, 11) is 0. The van der Waals surface area contributed by atoms with Crippen molar-refractivity contribution >= 4 is 45.6 Å². The number of rotatable bonds is 4. The highest BCUT2D eigenvalue weighted by molar-refractivity contribution is 6.35. The summed E-state index contributed by atoms with van der Waals surface area (Å²) in [5.41, 5.74) is 6.29. The number of nitrogens with zero attached hydrogens (tertiary/aromatic N) is 4. The predicted octanol–water partition coefficient (Wildman–Crippen LogP) is 7.81. The first-order valence-corrected chi connectivity index (χ1v) is 13.0. The van der Waals surface area contributed by atoms with Crippen molar-refractivity contribution in [3.8, 4) is 17.1 Å². The molecular weight excluding hydrogens is 489 g/mol. The molecule has 0 unspecified atom stereocenters. The van der Waals surface area contributed by atoms with Crippen molar-refractivity contribution in [2.75, 3.05) is 5.32 Å². The fourth-order valence-electron chi connectivity index (χ4n) is 4.97. The largest absolute Gasteiger partial charge is 0.352 e. The lowest BCUT2D eigenvalue weighted by Crippen LogP contribution is -2.19. The Kier molecular flexibility index (Phi) is 6.34. The highest BCUT2D eigenvalue weighted by Gasteiger charge is 2.19. The minimum Gasteiger partial charge on any atom is -0.352 e. The average molecular weight is 514 g/mol. The monoisotopic (exact) mass is 513 g/mol. The van der Waals surface area contributed by atoms with E-state index in [2.05, 4.69) is 33.1 Å². The number of hydrogen-bond acceptors (Lipinski definition) is 4. The Hall–Kier alpha value is -3.41. The van der Waals surface area contributed by atoms with Gasteiger partial charge in [0.25, 0.3) is 0 Å². The van der Waals surface area contributed by atoms with Crippen LogP contribution in [0.5, 0.6) is 0 Å². The van der Waals surface area contributed by atoms with Gasteiger partial charge in [0.1, 0.15) is 0 Å². The van der Waals surface area contributed by atoms with Gasteiger partial charge in [0.15, 0.2) is 0 Å². The molecule has 0 saturated heterocycles. The number of benzene rings is 3. The molecule has 0 atom stereocenters. The summed E-state index contributed by atoms with van der Waals surface area (Å²) in [6.07, 6.45) is 9.54. The Morgan fingerprint density at radius 3 is 2.58 bits per heavy atom. The van der Waals surface area contributed by atoms with Crippen molar-refractivity contribution in [1.29, 1.82) is 0 Å². The van der Waals surface area contributed by atoms with Crippen LogP contribution in [0.1, 0.15) is 32.1 Å². The van der Waals surface area contributed by atoms with E-state index >= 15 is 0 Å². The van der Waals surface area contributed by atoms with Crippen molar-refractivity contribution in [3.63, 3.8) is 0 Å². The third-order valence-corrected chi connectivity index (χ3v) is 7.22. The molecule has 180 valence electrons. The lowest BCUT2D eigenvalue weighted by Gasteiger charge is -2.22. The normalized spacial score (nSPS) is 15.0. The van der Waals surface area contributed by atoms with E-state index in [9.17, 15) is 0 Å². The van der Waals surface area contributed by atoms with E-state index in [1.165, 1.54) is 19.3 Å². The topological polar surface area (TPSA) is 55.1 Å². The van der Waals surface area contributed by atoms with Gasteiger partial charge in [-0.05, 0) is 67.4 Å². The van der Waals surface area contributed by atoms with E-state index in [1.807, 2.05) is 48.7 Å². The lowest BCUT2D eigenvalue weighted by molar-refractivity contribution is 0.437. The molecule has 1 saturated carbocycles. The molecule has 7 heteroatoms. The van der Waals surface area contributed by atoms with Crippen molar-refractivity contribution in [1.82, 2.24) is 14.5 Å². The third-order valence-electron chi connectivity index (χ3n) is 6.68. The summed E-state index contributed by atoms with van der Waals surface area (Å²) >= 11 is 13.0. The van der Waals surface area contributed by atoms with Gasteiger partial charge < -0.3 is 9.88 Å². The fourth-order valence-corrected chi connectivity index (χ4v) is 5.46. The Balaban J connectivity index is 1.64. The van der Waals surface area contributed by atoms with Crippen LogP contribution in [0.3, 0.4) is 0 Å². The second-order valence-electron chi connectivity index (χ2n) is 9.18. The van der Waals surface area contributed by atoms with Crippen molar-refractivity contribution in [2.45, 2.75) is 38.1 Å². The van der Waals surface area contributed by atoms with E-state index < -0.39 is 0 Å². The summed E-state index contributed by atoms with van der Waals surface area (Å²) in [5.74, 6) is 0. The molecule has 0 bridgehead atoms. The zero-order chi connectivity index (χ0) is 24.5. The number of anilines is 2. The summed E-state index contributed by atoms with van der Waals surface area (Å²) in [4.78, 5) is 14.5. The van der Waals surface area contributed by atoms with Gasteiger partial charge in [0.2, 0.25) is 0 Å². The van der Waals surface area contributed by atoms with Gasteiger partial charge in [-0.1, -0.05) is 54.6 Å². The number of para-hydroxylation sites is 2. The van der Waals surface area contributed by atoms with Gasteiger partial charge >= 0.3 is 0 Å². The van der Waals surface area contributed by atoms with Crippen LogP contribution in [-0.4, -0.2) is 20.6 Å². The van der Waals surface area contributed by atoms with E-state index in [0.717, 1.165) is 57.7 Å². The Labute approximate surface area is 219 Å². The van der Waals surface area contributed by atoms with E-state index in [4.69, 9.17) is 33.2 Å². The van der Waals surface area contributed by atoms with Crippen molar-refractivity contribution < 1.29 is 0 Å². The molecule has 36 heavy (non-hydrogen) atoms. The maximum absolute atomic E-state index is 6.73. The Bertz CT molecular complexity index is 1570. The molecule has 2 heterocycles. The second kappa shape index (κ2) is 9.92. The van der Waals surface area contributed by atoms with Gasteiger partial charge in [-0.3, -0.25) is 9.98 Å². The average Bonchev–Trinajstić information content (AvgIpc) is 2.90. The van der Waals surface area contributed by atoms with Crippen molar-refractivity contribution in [3.05, 3.63) is 94.5 Å². The molecule has 1 aliphatic heterocycles.